The number of carbonyl (C=O) groups is 1. The molecule has 4 heteroatoms. The second-order valence-corrected chi connectivity index (χ2v) is 5.57. The van der Waals surface area contributed by atoms with Gasteiger partial charge in [0.2, 0.25) is 0 Å². The minimum absolute atomic E-state index is 0. The molecule has 1 aliphatic carbocycles. The monoisotopic (exact) mass is 280 g/mol. The van der Waals surface area contributed by atoms with E-state index in [0.29, 0.717) is 0 Å². The van der Waals surface area contributed by atoms with Gasteiger partial charge in [-0.2, -0.15) is 0 Å². The highest BCUT2D eigenvalue weighted by Crippen LogP contribution is 2.27. The van der Waals surface area contributed by atoms with Crippen molar-refractivity contribution in [2.45, 2.75) is 32.4 Å². The number of halogens is 1. The maximum absolute atomic E-state index is 12.3. The molecule has 0 bridgehead atoms. The minimum Gasteiger partial charge on any atom is -0.341 e. The number of carbonyl (C=O) groups excluding carboxylic acids is 1. The number of fused-ring (bicyclic) bond motifs is 1. The summed E-state index contributed by atoms with van der Waals surface area (Å²) >= 11 is 0. The van der Waals surface area contributed by atoms with E-state index in [1.165, 1.54) is 30.4 Å². The van der Waals surface area contributed by atoms with E-state index in [4.69, 9.17) is 0 Å². The van der Waals surface area contributed by atoms with E-state index >= 15 is 0 Å². The van der Waals surface area contributed by atoms with Crippen LogP contribution in [0.25, 0.3) is 0 Å². The molecule has 0 spiro atoms. The summed E-state index contributed by atoms with van der Waals surface area (Å²) in [5, 5.41) is 3.31. The van der Waals surface area contributed by atoms with E-state index in [2.05, 4.69) is 17.4 Å². The summed E-state index contributed by atoms with van der Waals surface area (Å²) in [5.41, 5.74) is 3.44. The maximum atomic E-state index is 12.3. The Labute approximate surface area is 120 Å². The average molecular weight is 281 g/mol. The molecule has 0 radical (unpaired) electrons. The first-order valence-electron chi connectivity index (χ1n) is 6.82. The Kier molecular flexibility index (Phi) is 4.48. The molecule has 1 aliphatic heterocycles. The molecule has 2 aliphatic rings. The van der Waals surface area contributed by atoms with E-state index < -0.39 is 0 Å². The predicted octanol–water partition coefficient (Wildman–Crippen LogP) is 2.58. The molecule has 19 heavy (non-hydrogen) atoms. The number of hydrogen-bond acceptors (Lipinski definition) is 2. The summed E-state index contributed by atoms with van der Waals surface area (Å²) in [5.74, 6) is 0.895. The van der Waals surface area contributed by atoms with Crippen molar-refractivity contribution in [1.82, 2.24) is 10.2 Å². The first-order valence-corrected chi connectivity index (χ1v) is 6.82. The highest BCUT2D eigenvalue weighted by molar-refractivity contribution is 5.94. The zero-order valence-electron chi connectivity index (χ0n) is 11.3. The third-order valence-electron chi connectivity index (χ3n) is 4.19. The molecule has 0 saturated heterocycles. The average Bonchev–Trinajstić information content (AvgIpc) is 2.79. The molecule has 1 amide bonds. The van der Waals surface area contributed by atoms with Gasteiger partial charge in [-0.3, -0.25) is 4.79 Å². The van der Waals surface area contributed by atoms with Crippen LogP contribution in [-0.4, -0.2) is 24.4 Å². The second kappa shape index (κ2) is 5.93. The summed E-state index contributed by atoms with van der Waals surface area (Å²) in [6, 6.07) is 6.10. The highest BCUT2D eigenvalue weighted by atomic mass is 35.5. The Hall–Kier alpha value is -1.06. The summed E-state index contributed by atoms with van der Waals surface area (Å²) in [6.45, 7) is 2.73. The van der Waals surface area contributed by atoms with Crippen LogP contribution in [0.15, 0.2) is 18.2 Å². The zero-order chi connectivity index (χ0) is 12.5. The van der Waals surface area contributed by atoms with Gasteiger partial charge in [-0.15, -0.1) is 12.4 Å². The Morgan fingerprint density at radius 3 is 2.74 bits per heavy atom. The van der Waals surface area contributed by atoms with Crippen LogP contribution in [0.1, 0.15) is 40.7 Å². The second-order valence-electron chi connectivity index (χ2n) is 5.57. The molecule has 3 rings (SSSR count). The topological polar surface area (TPSA) is 32.3 Å². The number of hydrogen-bond donors (Lipinski definition) is 1. The van der Waals surface area contributed by atoms with Crippen molar-refractivity contribution in [2.24, 2.45) is 5.92 Å². The molecular weight excluding hydrogens is 260 g/mol. The van der Waals surface area contributed by atoms with Gasteiger partial charge in [0.05, 0.1) is 0 Å². The highest BCUT2D eigenvalue weighted by Gasteiger charge is 2.22. The largest absolute Gasteiger partial charge is 0.341 e. The van der Waals surface area contributed by atoms with Crippen LogP contribution >= 0.6 is 12.4 Å². The van der Waals surface area contributed by atoms with Crippen LogP contribution in [0.2, 0.25) is 0 Å². The lowest BCUT2D eigenvalue weighted by Crippen LogP contribution is -2.34. The molecule has 3 nitrogen and oxygen atoms in total. The number of amides is 1. The van der Waals surface area contributed by atoms with E-state index in [-0.39, 0.29) is 18.3 Å². The zero-order valence-corrected chi connectivity index (χ0v) is 12.1. The van der Waals surface area contributed by atoms with Gasteiger partial charge in [-0.05, 0) is 42.0 Å². The molecule has 1 heterocycles. The standard InChI is InChI=1S/C15H20N2O.ClH/c1-17(10-11-3-2-4-11)15(18)12-5-6-13-8-16-9-14(13)7-12;/h5-7,11,16H,2-4,8-10H2,1H3;1H. The van der Waals surface area contributed by atoms with Crippen molar-refractivity contribution < 1.29 is 4.79 Å². The third-order valence-corrected chi connectivity index (χ3v) is 4.19. The summed E-state index contributed by atoms with van der Waals surface area (Å²) in [4.78, 5) is 14.2. The fourth-order valence-electron chi connectivity index (χ4n) is 2.79. The van der Waals surface area contributed by atoms with Gasteiger partial charge in [0.25, 0.3) is 5.91 Å². The predicted molar refractivity (Wildman–Crippen MR) is 78.5 cm³/mol. The van der Waals surface area contributed by atoms with Crippen LogP contribution in [0.5, 0.6) is 0 Å². The first-order chi connectivity index (χ1) is 8.74. The number of rotatable bonds is 3. The number of benzene rings is 1. The van der Waals surface area contributed by atoms with E-state index in [1.54, 1.807) is 0 Å². The quantitative estimate of drug-likeness (QED) is 0.923. The van der Waals surface area contributed by atoms with Gasteiger partial charge in [-0.25, -0.2) is 0 Å². The number of nitrogens with one attached hydrogen (secondary N) is 1. The number of nitrogens with zero attached hydrogens (tertiary/aromatic N) is 1. The van der Waals surface area contributed by atoms with Crippen LogP contribution < -0.4 is 5.32 Å². The smallest absolute Gasteiger partial charge is 0.253 e. The summed E-state index contributed by atoms with van der Waals surface area (Å²) in [6.07, 6.45) is 3.90. The van der Waals surface area contributed by atoms with E-state index in [0.717, 1.165) is 31.1 Å². The summed E-state index contributed by atoms with van der Waals surface area (Å²) < 4.78 is 0. The minimum atomic E-state index is 0. The summed E-state index contributed by atoms with van der Waals surface area (Å²) in [7, 11) is 1.92. The molecule has 0 unspecified atom stereocenters. The molecule has 1 aromatic rings. The van der Waals surface area contributed by atoms with E-state index in [9.17, 15) is 4.79 Å². The van der Waals surface area contributed by atoms with Gasteiger partial charge in [-0.1, -0.05) is 12.5 Å². The van der Waals surface area contributed by atoms with Crippen molar-refractivity contribution in [3.63, 3.8) is 0 Å². The van der Waals surface area contributed by atoms with Crippen LogP contribution in [0, 0.1) is 5.92 Å². The molecule has 1 aromatic carbocycles. The van der Waals surface area contributed by atoms with Crippen molar-refractivity contribution in [3.8, 4) is 0 Å². The molecule has 0 atom stereocenters. The fraction of sp³-hybridized carbons (Fsp3) is 0.533. The van der Waals surface area contributed by atoms with Gasteiger partial charge < -0.3 is 10.2 Å². The lowest BCUT2D eigenvalue weighted by molar-refractivity contribution is 0.0745. The van der Waals surface area contributed by atoms with Crippen LogP contribution in [0.4, 0.5) is 0 Å². The van der Waals surface area contributed by atoms with Crippen LogP contribution in [0.3, 0.4) is 0 Å². The first kappa shape index (κ1) is 14.4. The lowest BCUT2D eigenvalue weighted by atomic mass is 9.85. The SMILES string of the molecule is CN(CC1CCC1)C(=O)c1ccc2c(c1)CNC2.Cl. The molecule has 1 fully saturated rings. The fourth-order valence-corrected chi connectivity index (χ4v) is 2.79. The maximum Gasteiger partial charge on any atom is 0.253 e. The van der Waals surface area contributed by atoms with Gasteiger partial charge in [0, 0.05) is 32.2 Å². The van der Waals surface area contributed by atoms with Gasteiger partial charge in [0.15, 0.2) is 0 Å². The van der Waals surface area contributed by atoms with Gasteiger partial charge in [0.1, 0.15) is 0 Å². The third kappa shape index (κ3) is 2.93. The normalized spacial score (nSPS) is 17.3. The Bertz CT molecular complexity index is 471. The Morgan fingerprint density at radius 2 is 2.05 bits per heavy atom. The molecular formula is C15H21ClN2O. The Balaban J connectivity index is 0.00000133. The van der Waals surface area contributed by atoms with Gasteiger partial charge >= 0.3 is 0 Å². The van der Waals surface area contributed by atoms with Crippen molar-refractivity contribution >= 4 is 18.3 Å². The molecule has 104 valence electrons. The Morgan fingerprint density at radius 1 is 1.32 bits per heavy atom. The van der Waals surface area contributed by atoms with E-state index in [1.807, 2.05) is 18.0 Å². The van der Waals surface area contributed by atoms with Crippen molar-refractivity contribution in [3.05, 3.63) is 34.9 Å². The molecule has 1 N–H and O–H groups in total. The van der Waals surface area contributed by atoms with Crippen molar-refractivity contribution in [2.75, 3.05) is 13.6 Å². The lowest BCUT2D eigenvalue weighted by Gasteiger charge is -2.30. The molecule has 1 saturated carbocycles. The molecule has 0 aromatic heterocycles. The van der Waals surface area contributed by atoms with Crippen molar-refractivity contribution in [1.29, 1.82) is 0 Å². The van der Waals surface area contributed by atoms with Crippen LogP contribution in [-0.2, 0) is 13.1 Å².